The van der Waals surface area contributed by atoms with Crippen molar-refractivity contribution in [1.82, 2.24) is 4.98 Å². The number of rotatable bonds is 3. The van der Waals surface area contributed by atoms with Crippen LogP contribution in [-0.2, 0) is 20.8 Å². The third kappa shape index (κ3) is 3.19. The Bertz CT molecular complexity index is 561. The number of thiazole rings is 1. The molecule has 102 valence electrons. The van der Waals surface area contributed by atoms with Gasteiger partial charge in [0.25, 0.3) is 0 Å². The van der Waals surface area contributed by atoms with Crippen molar-refractivity contribution in [3.05, 3.63) is 10.6 Å². The molecule has 0 radical (unpaired) electrons. The number of esters is 1. The molecule has 1 aromatic heterocycles. The van der Waals surface area contributed by atoms with Gasteiger partial charge < -0.3 is 4.74 Å². The molecule has 18 heavy (non-hydrogen) atoms. The topological polar surface area (TPSA) is 73.3 Å². The summed E-state index contributed by atoms with van der Waals surface area (Å²) in [5.41, 5.74) is -1.54. The van der Waals surface area contributed by atoms with Gasteiger partial charge in [-0.15, -0.1) is 0 Å². The molecule has 0 bridgehead atoms. The average Bonchev–Trinajstić information content (AvgIpc) is 2.60. The number of alkyl halides is 3. The number of ether oxygens (including phenoxy) is 1. The second-order valence-electron chi connectivity index (χ2n) is 3.15. The van der Waals surface area contributed by atoms with E-state index in [-0.39, 0.29) is 17.9 Å². The van der Waals surface area contributed by atoms with Crippen LogP contribution in [0.1, 0.15) is 22.3 Å². The van der Waals surface area contributed by atoms with Crippen LogP contribution in [-0.4, -0.2) is 32.2 Å². The van der Waals surface area contributed by atoms with E-state index in [1.807, 2.05) is 0 Å². The average molecular weight is 303 g/mol. The van der Waals surface area contributed by atoms with Gasteiger partial charge in [-0.2, -0.15) is 13.2 Å². The van der Waals surface area contributed by atoms with Crippen molar-refractivity contribution < 1.29 is 31.1 Å². The standard InChI is InChI=1S/C8H8F3NO4S2/c1-3-16-6(13)4-5(8(9,10)11)12-7(17-4)18(2,14)15/h3H2,1-2H3. The molecule has 1 heterocycles. The number of sulfone groups is 1. The number of aromatic nitrogens is 1. The molecule has 0 aromatic carbocycles. The Morgan fingerprint density at radius 1 is 1.44 bits per heavy atom. The van der Waals surface area contributed by atoms with Crippen molar-refractivity contribution in [3.8, 4) is 0 Å². The smallest absolute Gasteiger partial charge is 0.435 e. The van der Waals surface area contributed by atoms with E-state index in [2.05, 4.69) is 9.72 Å². The first-order valence-corrected chi connectivity index (χ1v) is 7.23. The fourth-order valence-electron chi connectivity index (χ4n) is 0.986. The van der Waals surface area contributed by atoms with Crippen molar-refractivity contribution in [2.24, 2.45) is 0 Å². The van der Waals surface area contributed by atoms with Gasteiger partial charge in [-0.05, 0) is 6.92 Å². The van der Waals surface area contributed by atoms with E-state index in [0.717, 1.165) is 0 Å². The maximum absolute atomic E-state index is 12.6. The maximum Gasteiger partial charge on any atom is 0.435 e. The Balaban J connectivity index is 3.40. The lowest BCUT2D eigenvalue weighted by Gasteiger charge is -2.04. The minimum Gasteiger partial charge on any atom is -0.462 e. The zero-order valence-corrected chi connectivity index (χ0v) is 10.9. The van der Waals surface area contributed by atoms with Gasteiger partial charge in [0.15, 0.2) is 5.69 Å². The molecule has 0 aliphatic rings. The molecular weight excluding hydrogens is 295 g/mol. The first-order chi connectivity index (χ1) is 8.07. The predicted molar refractivity (Wildman–Crippen MR) is 56.2 cm³/mol. The van der Waals surface area contributed by atoms with E-state index in [0.29, 0.717) is 6.26 Å². The molecule has 5 nitrogen and oxygen atoms in total. The van der Waals surface area contributed by atoms with Crippen molar-refractivity contribution in [2.45, 2.75) is 17.4 Å². The number of halogens is 3. The van der Waals surface area contributed by atoms with E-state index < -0.39 is 36.9 Å². The summed E-state index contributed by atoms with van der Waals surface area (Å²) < 4.78 is 63.7. The second kappa shape index (κ2) is 4.84. The summed E-state index contributed by atoms with van der Waals surface area (Å²) in [7, 11) is -3.91. The quantitative estimate of drug-likeness (QED) is 0.795. The SMILES string of the molecule is CCOC(=O)c1sc(S(C)(=O)=O)nc1C(F)(F)F. The number of nitrogens with zero attached hydrogens (tertiary/aromatic N) is 1. The van der Waals surface area contributed by atoms with Crippen LogP contribution in [0.15, 0.2) is 4.34 Å². The Morgan fingerprint density at radius 3 is 2.39 bits per heavy atom. The lowest BCUT2D eigenvalue weighted by atomic mass is 10.3. The molecule has 0 saturated carbocycles. The van der Waals surface area contributed by atoms with Gasteiger partial charge in [0, 0.05) is 6.26 Å². The van der Waals surface area contributed by atoms with Crippen LogP contribution in [0, 0.1) is 0 Å². The monoisotopic (exact) mass is 303 g/mol. The van der Waals surface area contributed by atoms with Crippen LogP contribution in [0.5, 0.6) is 0 Å². The van der Waals surface area contributed by atoms with E-state index in [9.17, 15) is 26.4 Å². The molecule has 0 fully saturated rings. The van der Waals surface area contributed by atoms with Crippen molar-refractivity contribution in [1.29, 1.82) is 0 Å². The van der Waals surface area contributed by atoms with Gasteiger partial charge >= 0.3 is 12.1 Å². The van der Waals surface area contributed by atoms with E-state index in [1.54, 1.807) is 0 Å². The van der Waals surface area contributed by atoms with Crippen molar-refractivity contribution in [2.75, 3.05) is 12.9 Å². The minimum atomic E-state index is -4.92. The molecule has 0 spiro atoms. The highest BCUT2D eigenvalue weighted by atomic mass is 32.2. The van der Waals surface area contributed by atoms with E-state index in [4.69, 9.17) is 0 Å². The third-order valence-electron chi connectivity index (χ3n) is 1.65. The Labute approximate surface area is 105 Å². The predicted octanol–water partition coefficient (Wildman–Crippen LogP) is 1.74. The van der Waals surface area contributed by atoms with E-state index in [1.165, 1.54) is 6.92 Å². The van der Waals surface area contributed by atoms with E-state index >= 15 is 0 Å². The van der Waals surface area contributed by atoms with Gasteiger partial charge in [-0.3, -0.25) is 0 Å². The maximum atomic E-state index is 12.6. The highest BCUT2D eigenvalue weighted by molar-refractivity contribution is 7.92. The van der Waals surface area contributed by atoms with Crippen LogP contribution < -0.4 is 0 Å². The van der Waals surface area contributed by atoms with Crippen molar-refractivity contribution >= 4 is 27.1 Å². The van der Waals surface area contributed by atoms with Crippen molar-refractivity contribution in [3.63, 3.8) is 0 Å². The highest BCUT2D eigenvalue weighted by Gasteiger charge is 2.41. The fourth-order valence-corrected chi connectivity index (χ4v) is 2.81. The summed E-state index contributed by atoms with van der Waals surface area (Å²) >= 11 is 0.148. The summed E-state index contributed by atoms with van der Waals surface area (Å²) in [5, 5.41) is 0. The minimum absolute atomic E-state index is 0.123. The van der Waals surface area contributed by atoms with Gasteiger partial charge in [0.1, 0.15) is 4.88 Å². The number of hydrogen-bond donors (Lipinski definition) is 0. The fraction of sp³-hybridized carbons (Fsp3) is 0.500. The Morgan fingerprint density at radius 2 is 2.00 bits per heavy atom. The second-order valence-corrected chi connectivity index (χ2v) is 6.34. The number of hydrogen-bond acceptors (Lipinski definition) is 6. The van der Waals surface area contributed by atoms with Crippen LogP contribution in [0.2, 0.25) is 0 Å². The summed E-state index contributed by atoms with van der Waals surface area (Å²) in [6.45, 7) is 1.30. The molecule has 0 saturated heterocycles. The van der Waals surface area contributed by atoms with Gasteiger partial charge in [0.05, 0.1) is 6.61 Å². The third-order valence-corrected chi connectivity index (χ3v) is 4.37. The molecule has 0 N–H and O–H groups in total. The van der Waals surface area contributed by atoms with Crippen LogP contribution in [0.4, 0.5) is 13.2 Å². The zero-order valence-electron chi connectivity index (χ0n) is 9.24. The summed E-state index contributed by atoms with van der Waals surface area (Å²) in [5.74, 6) is -1.24. The van der Waals surface area contributed by atoms with Crippen LogP contribution in [0.25, 0.3) is 0 Å². The van der Waals surface area contributed by atoms with Crippen LogP contribution in [0.3, 0.4) is 0 Å². The Hall–Kier alpha value is -1.16. The summed E-state index contributed by atoms with van der Waals surface area (Å²) in [6.07, 6.45) is -4.21. The molecule has 0 unspecified atom stereocenters. The summed E-state index contributed by atoms with van der Waals surface area (Å²) in [4.78, 5) is 13.4. The Kier molecular flexibility index (Phi) is 4.01. The molecule has 0 aliphatic heterocycles. The number of carbonyl (C=O) groups excluding carboxylic acids is 1. The largest absolute Gasteiger partial charge is 0.462 e. The lowest BCUT2D eigenvalue weighted by molar-refractivity contribution is -0.141. The first kappa shape index (κ1) is 14.9. The normalized spacial score (nSPS) is 12.5. The number of carbonyl (C=O) groups is 1. The molecule has 1 rings (SSSR count). The zero-order chi connectivity index (χ0) is 14.1. The molecule has 0 aliphatic carbocycles. The summed E-state index contributed by atoms with van der Waals surface area (Å²) in [6, 6.07) is 0. The first-order valence-electron chi connectivity index (χ1n) is 4.52. The van der Waals surface area contributed by atoms with Crippen LogP contribution >= 0.6 is 11.3 Å². The van der Waals surface area contributed by atoms with Gasteiger partial charge in [0.2, 0.25) is 14.2 Å². The molecule has 10 heteroatoms. The van der Waals surface area contributed by atoms with Gasteiger partial charge in [-0.25, -0.2) is 18.2 Å². The molecule has 0 amide bonds. The molecular formula is C8H8F3NO4S2. The molecule has 1 aromatic rings. The lowest BCUT2D eigenvalue weighted by Crippen LogP contribution is -2.13. The highest BCUT2D eigenvalue weighted by Crippen LogP contribution is 2.36. The molecule has 0 atom stereocenters. The van der Waals surface area contributed by atoms with Gasteiger partial charge in [-0.1, -0.05) is 11.3 Å².